The Hall–Kier alpha value is -2.69. The monoisotopic (exact) mass is 471 g/mol. The summed E-state index contributed by atoms with van der Waals surface area (Å²) in [4.78, 5) is 36.5. The maximum atomic E-state index is 12.4. The van der Waals surface area contributed by atoms with Crippen LogP contribution in [0, 0.1) is 12.8 Å². The average molecular weight is 472 g/mol. The molecule has 1 aliphatic carbocycles. The average Bonchev–Trinajstić information content (AvgIpc) is 3.42. The van der Waals surface area contributed by atoms with Crippen LogP contribution in [0.5, 0.6) is 5.75 Å². The zero-order valence-electron chi connectivity index (χ0n) is 18.2. The van der Waals surface area contributed by atoms with Crippen LogP contribution < -0.4 is 15.4 Å². The molecule has 2 fully saturated rings. The summed E-state index contributed by atoms with van der Waals surface area (Å²) in [6, 6.07) is 5.72. The number of aliphatic imine (C=N–C) groups is 1. The molecular weight excluding hydrogens is 446 g/mol. The zero-order chi connectivity index (χ0) is 22.7. The maximum Gasteiger partial charge on any atom is 0.264 e. The molecule has 2 heterocycles. The molecule has 2 aromatic rings. The van der Waals surface area contributed by atoms with Crippen molar-refractivity contribution < 1.29 is 14.3 Å². The van der Waals surface area contributed by atoms with Crippen LogP contribution in [0.2, 0.25) is 0 Å². The topological polar surface area (TPSA) is 95.9 Å². The molecule has 4 rings (SSSR count). The molecule has 0 unspecified atom stereocenters. The van der Waals surface area contributed by atoms with Crippen LogP contribution >= 0.6 is 23.1 Å². The molecule has 0 spiro atoms. The van der Waals surface area contributed by atoms with Crippen molar-refractivity contribution in [1.82, 2.24) is 15.2 Å². The van der Waals surface area contributed by atoms with Gasteiger partial charge in [-0.2, -0.15) is 0 Å². The van der Waals surface area contributed by atoms with E-state index in [1.807, 2.05) is 39.2 Å². The second kappa shape index (κ2) is 9.85. The van der Waals surface area contributed by atoms with Gasteiger partial charge in [-0.1, -0.05) is 11.3 Å². The molecule has 10 heteroatoms. The Morgan fingerprint density at radius 3 is 2.94 bits per heavy atom. The highest BCUT2D eigenvalue weighted by Gasteiger charge is 2.30. The number of amidine groups is 1. The van der Waals surface area contributed by atoms with Crippen molar-refractivity contribution in [2.45, 2.75) is 19.8 Å². The number of hydrogen-bond acceptors (Lipinski definition) is 8. The number of thioether (sulfide) groups is 1. The van der Waals surface area contributed by atoms with Gasteiger partial charge in [-0.15, -0.1) is 0 Å². The van der Waals surface area contributed by atoms with E-state index >= 15 is 0 Å². The fourth-order valence-electron chi connectivity index (χ4n) is 2.87. The highest BCUT2D eigenvalue weighted by Crippen LogP contribution is 2.33. The van der Waals surface area contributed by atoms with Crippen molar-refractivity contribution in [2.75, 3.05) is 32.6 Å². The number of ether oxygens (including phenoxy) is 1. The Bertz CT molecular complexity index is 1090. The zero-order valence-corrected chi connectivity index (χ0v) is 19.8. The number of aryl methyl sites for hydroxylation is 1. The number of thiazole rings is 1. The van der Waals surface area contributed by atoms with Crippen LogP contribution in [0.4, 0.5) is 10.8 Å². The van der Waals surface area contributed by atoms with Crippen LogP contribution in [-0.4, -0.2) is 54.1 Å². The van der Waals surface area contributed by atoms with Crippen molar-refractivity contribution in [3.8, 4) is 5.75 Å². The van der Waals surface area contributed by atoms with Crippen molar-refractivity contribution in [1.29, 1.82) is 0 Å². The number of rotatable bonds is 8. The Morgan fingerprint density at radius 1 is 1.41 bits per heavy atom. The van der Waals surface area contributed by atoms with Crippen LogP contribution in [0.3, 0.4) is 0 Å². The molecule has 2 aliphatic rings. The minimum absolute atomic E-state index is 0.0189. The summed E-state index contributed by atoms with van der Waals surface area (Å²) >= 11 is 2.62. The third-order valence-electron chi connectivity index (χ3n) is 4.82. The minimum atomic E-state index is -0.202. The first kappa shape index (κ1) is 22.5. The molecule has 1 aromatic heterocycles. The fraction of sp³-hybridized carbons (Fsp3) is 0.364. The smallest absolute Gasteiger partial charge is 0.264 e. The minimum Gasteiger partial charge on any atom is -0.492 e. The van der Waals surface area contributed by atoms with E-state index in [9.17, 15) is 9.59 Å². The molecule has 0 bridgehead atoms. The lowest BCUT2D eigenvalue weighted by atomic mass is 10.2. The predicted octanol–water partition coefficient (Wildman–Crippen LogP) is 3.63. The van der Waals surface area contributed by atoms with Gasteiger partial charge in [0.2, 0.25) is 5.91 Å². The van der Waals surface area contributed by atoms with E-state index in [0.29, 0.717) is 21.8 Å². The molecule has 2 N–H and O–H groups in total. The quantitative estimate of drug-likeness (QED) is 0.571. The summed E-state index contributed by atoms with van der Waals surface area (Å²) in [5.74, 6) is 0.738. The SMILES string of the molecule is Cc1cc(OCCN(C)C)ccc1N=C1NC(=O)/C(=C/c2cnc(NC(=O)C3CC3)s2)S1. The van der Waals surface area contributed by atoms with E-state index in [4.69, 9.17) is 4.74 Å². The molecule has 1 aliphatic heterocycles. The number of likely N-dealkylation sites (N-methyl/N-ethyl adjacent to an activating group) is 1. The highest BCUT2D eigenvalue weighted by atomic mass is 32.2. The second-order valence-corrected chi connectivity index (χ2v) is 10.0. The van der Waals surface area contributed by atoms with Crippen molar-refractivity contribution >= 4 is 57.0 Å². The molecule has 168 valence electrons. The van der Waals surface area contributed by atoms with Gasteiger partial charge in [0.05, 0.1) is 15.5 Å². The summed E-state index contributed by atoms with van der Waals surface area (Å²) in [7, 11) is 4.01. The van der Waals surface area contributed by atoms with Gasteiger partial charge in [0.25, 0.3) is 5.91 Å². The maximum absolute atomic E-state index is 12.4. The second-order valence-electron chi connectivity index (χ2n) is 7.91. The number of carbonyl (C=O) groups excluding carboxylic acids is 2. The third kappa shape index (κ3) is 5.96. The lowest BCUT2D eigenvalue weighted by Crippen LogP contribution is -2.19. The van der Waals surface area contributed by atoms with E-state index < -0.39 is 0 Å². The molecule has 2 amide bonds. The van der Waals surface area contributed by atoms with Gasteiger partial charge in [-0.05, 0) is 75.5 Å². The van der Waals surface area contributed by atoms with Crippen molar-refractivity contribution in [3.05, 3.63) is 39.7 Å². The van der Waals surface area contributed by atoms with E-state index in [2.05, 4.69) is 25.5 Å². The van der Waals surface area contributed by atoms with Gasteiger partial charge in [0, 0.05) is 18.7 Å². The summed E-state index contributed by atoms with van der Waals surface area (Å²) in [6.07, 6.45) is 5.31. The van der Waals surface area contributed by atoms with Gasteiger partial charge in [0.15, 0.2) is 10.3 Å². The largest absolute Gasteiger partial charge is 0.492 e. The predicted molar refractivity (Wildman–Crippen MR) is 130 cm³/mol. The molecule has 1 aromatic carbocycles. The molecule has 8 nitrogen and oxygen atoms in total. The number of nitrogens with one attached hydrogen (secondary N) is 2. The van der Waals surface area contributed by atoms with Crippen LogP contribution in [-0.2, 0) is 9.59 Å². The van der Waals surface area contributed by atoms with Crippen molar-refractivity contribution in [3.63, 3.8) is 0 Å². The third-order valence-corrected chi connectivity index (χ3v) is 6.59. The molecule has 32 heavy (non-hydrogen) atoms. The number of hydrogen-bond donors (Lipinski definition) is 2. The first-order chi connectivity index (χ1) is 15.4. The number of anilines is 1. The number of nitrogens with zero attached hydrogens (tertiary/aromatic N) is 3. The van der Waals surface area contributed by atoms with E-state index in [0.717, 1.165) is 41.3 Å². The Balaban J connectivity index is 1.39. The Kier molecular flexibility index (Phi) is 6.92. The first-order valence-electron chi connectivity index (χ1n) is 10.3. The molecule has 1 saturated heterocycles. The highest BCUT2D eigenvalue weighted by molar-refractivity contribution is 8.18. The number of benzene rings is 1. The summed E-state index contributed by atoms with van der Waals surface area (Å²) in [6.45, 7) is 3.42. The van der Waals surface area contributed by atoms with Crippen LogP contribution in [0.1, 0.15) is 23.3 Å². The van der Waals surface area contributed by atoms with Gasteiger partial charge in [0.1, 0.15) is 12.4 Å². The van der Waals surface area contributed by atoms with Gasteiger partial charge >= 0.3 is 0 Å². The summed E-state index contributed by atoms with van der Waals surface area (Å²) in [5, 5.41) is 6.71. The summed E-state index contributed by atoms with van der Waals surface area (Å²) in [5.41, 5.74) is 1.74. The van der Waals surface area contributed by atoms with Gasteiger partial charge in [-0.25, -0.2) is 9.98 Å². The first-order valence-corrected chi connectivity index (χ1v) is 11.9. The lowest BCUT2D eigenvalue weighted by molar-refractivity contribution is -0.117. The van der Waals surface area contributed by atoms with E-state index in [1.165, 1.54) is 23.1 Å². The Labute approximate surface area is 195 Å². The molecule has 0 atom stereocenters. The Morgan fingerprint density at radius 2 is 2.22 bits per heavy atom. The standard InChI is InChI=1S/C22H25N5O3S2/c1-13-10-15(30-9-8-27(2)3)6-7-17(13)24-22-26-20(29)18(32-22)11-16-12-23-21(31-16)25-19(28)14-4-5-14/h6-7,10-12,14H,4-5,8-9H2,1-3H3,(H,23,25,28)(H,24,26,29)/b18-11-. The summed E-state index contributed by atoms with van der Waals surface area (Å²) < 4.78 is 5.76. The lowest BCUT2D eigenvalue weighted by Gasteiger charge is -2.12. The number of amides is 2. The van der Waals surface area contributed by atoms with Gasteiger partial charge in [-0.3, -0.25) is 9.59 Å². The van der Waals surface area contributed by atoms with Crippen molar-refractivity contribution in [2.24, 2.45) is 10.9 Å². The van der Waals surface area contributed by atoms with E-state index in [-0.39, 0.29) is 17.7 Å². The van der Waals surface area contributed by atoms with E-state index in [1.54, 1.807) is 12.3 Å². The molecule has 0 radical (unpaired) electrons. The normalized spacial score (nSPS) is 18.4. The molecule has 1 saturated carbocycles. The number of aromatic nitrogens is 1. The van der Waals surface area contributed by atoms with Crippen LogP contribution in [0.25, 0.3) is 6.08 Å². The van der Waals surface area contributed by atoms with Gasteiger partial charge < -0.3 is 20.3 Å². The fourth-order valence-corrected chi connectivity index (χ4v) is 4.54. The van der Waals surface area contributed by atoms with Crippen LogP contribution in [0.15, 0.2) is 34.3 Å². The number of carbonyl (C=O) groups is 2. The molecular formula is C22H25N5O3S2.